The molecule has 0 fully saturated rings. The van der Waals surface area contributed by atoms with Gasteiger partial charge in [-0.3, -0.25) is 4.79 Å². The Bertz CT molecular complexity index is 409. The summed E-state index contributed by atoms with van der Waals surface area (Å²) in [5.74, 6) is -0.725. The first-order valence-electron chi connectivity index (χ1n) is 5.31. The molecule has 0 aliphatic heterocycles. The summed E-state index contributed by atoms with van der Waals surface area (Å²) in [4.78, 5) is 13.4. The van der Waals surface area contributed by atoms with Crippen LogP contribution in [0.3, 0.4) is 0 Å². The number of amides is 1. The van der Waals surface area contributed by atoms with Gasteiger partial charge >= 0.3 is 0 Å². The van der Waals surface area contributed by atoms with Gasteiger partial charge in [0.15, 0.2) is 0 Å². The molecule has 1 aromatic carbocycles. The van der Waals surface area contributed by atoms with E-state index in [1.165, 1.54) is 17.0 Å². The molecule has 17 heavy (non-hydrogen) atoms. The second-order valence-electron chi connectivity index (χ2n) is 3.97. The van der Waals surface area contributed by atoms with Crippen LogP contribution in [0.5, 0.6) is 0 Å². The maximum absolute atomic E-state index is 13.3. The number of hydrogen-bond donors (Lipinski definition) is 1. The molecule has 5 heteroatoms. The van der Waals surface area contributed by atoms with Crippen LogP contribution in [0.4, 0.5) is 4.39 Å². The van der Waals surface area contributed by atoms with Crippen molar-refractivity contribution in [1.82, 2.24) is 4.90 Å². The van der Waals surface area contributed by atoms with Gasteiger partial charge in [0.05, 0.1) is 16.1 Å². The monoisotopic (exact) mass is 303 g/mol. The Morgan fingerprint density at radius 3 is 2.82 bits per heavy atom. The summed E-state index contributed by atoms with van der Waals surface area (Å²) in [6.07, 6.45) is 0.0380. The highest BCUT2D eigenvalue weighted by atomic mass is 79.9. The summed E-state index contributed by atoms with van der Waals surface area (Å²) in [6, 6.07) is 4.35. The molecule has 0 radical (unpaired) electrons. The van der Waals surface area contributed by atoms with Gasteiger partial charge in [-0.05, 0) is 41.4 Å². The van der Waals surface area contributed by atoms with E-state index in [0.717, 1.165) is 0 Å². The molecule has 0 bridgehead atoms. The van der Waals surface area contributed by atoms with E-state index in [4.69, 9.17) is 5.11 Å². The minimum Gasteiger partial charge on any atom is -0.393 e. The third-order valence-electron chi connectivity index (χ3n) is 2.41. The standard InChI is InChI=1S/C12H15BrFNO2/c1-8(16)6-7-15(2)12(17)9-4-3-5-10(14)11(9)13/h3-5,8,16H,6-7H2,1-2H3. The van der Waals surface area contributed by atoms with Gasteiger partial charge in [-0.2, -0.15) is 0 Å². The van der Waals surface area contributed by atoms with E-state index in [9.17, 15) is 9.18 Å². The third kappa shape index (κ3) is 3.78. The average Bonchev–Trinajstić information content (AvgIpc) is 2.28. The molecule has 1 N–H and O–H groups in total. The lowest BCUT2D eigenvalue weighted by Crippen LogP contribution is -2.29. The first-order chi connectivity index (χ1) is 7.93. The van der Waals surface area contributed by atoms with Crippen LogP contribution < -0.4 is 0 Å². The number of benzene rings is 1. The van der Waals surface area contributed by atoms with E-state index in [1.807, 2.05) is 0 Å². The number of rotatable bonds is 4. The molecule has 1 amide bonds. The van der Waals surface area contributed by atoms with Crippen LogP contribution in [0.15, 0.2) is 22.7 Å². The number of hydrogen-bond acceptors (Lipinski definition) is 2. The van der Waals surface area contributed by atoms with E-state index in [1.54, 1.807) is 20.0 Å². The van der Waals surface area contributed by atoms with Crippen LogP contribution in [0.2, 0.25) is 0 Å². The molecule has 0 saturated carbocycles. The quantitative estimate of drug-likeness (QED) is 0.928. The molecule has 0 saturated heterocycles. The molecule has 1 unspecified atom stereocenters. The van der Waals surface area contributed by atoms with Crippen molar-refractivity contribution in [2.45, 2.75) is 19.4 Å². The Morgan fingerprint density at radius 2 is 2.24 bits per heavy atom. The normalized spacial score (nSPS) is 12.3. The minimum absolute atomic E-state index is 0.175. The molecule has 0 spiro atoms. The van der Waals surface area contributed by atoms with Crippen molar-refractivity contribution in [3.63, 3.8) is 0 Å². The highest BCUT2D eigenvalue weighted by molar-refractivity contribution is 9.10. The zero-order valence-electron chi connectivity index (χ0n) is 9.78. The van der Waals surface area contributed by atoms with Crippen LogP contribution in [-0.2, 0) is 0 Å². The maximum atomic E-state index is 13.3. The SMILES string of the molecule is CC(O)CCN(C)C(=O)c1cccc(F)c1Br. The van der Waals surface area contributed by atoms with Crippen LogP contribution in [-0.4, -0.2) is 35.6 Å². The molecule has 3 nitrogen and oxygen atoms in total. The Kier molecular flexibility index (Phi) is 5.08. The van der Waals surface area contributed by atoms with Crippen LogP contribution in [0, 0.1) is 5.82 Å². The summed E-state index contributed by atoms with van der Waals surface area (Å²) in [5, 5.41) is 9.15. The van der Waals surface area contributed by atoms with Gasteiger partial charge in [0, 0.05) is 13.6 Å². The number of aliphatic hydroxyl groups excluding tert-OH is 1. The number of nitrogens with zero attached hydrogens (tertiary/aromatic N) is 1. The molecule has 1 atom stereocenters. The fourth-order valence-corrected chi connectivity index (χ4v) is 1.79. The van der Waals surface area contributed by atoms with E-state index < -0.39 is 11.9 Å². The van der Waals surface area contributed by atoms with Gasteiger partial charge in [-0.25, -0.2) is 4.39 Å². The number of aliphatic hydroxyl groups is 1. The number of carbonyl (C=O) groups excluding carboxylic acids is 1. The Balaban J connectivity index is 2.78. The van der Waals surface area contributed by atoms with E-state index in [0.29, 0.717) is 13.0 Å². The van der Waals surface area contributed by atoms with Crippen molar-refractivity contribution < 1.29 is 14.3 Å². The van der Waals surface area contributed by atoms with Crippen molar-refractivity contribution in [2.24, 2.45) is 0 Å². The molecular formula is C12H15BrFNO2. The topological polar surface area (TPSA) is 40.5 Å². The van der Waals surface area contributed by atoms with E-state index in [2.05, 4.69) is 15.9 Å². The van der Waals surface area contributed by atoms with Crippen molar-refractivity contribution in [2.75, 3.05) is 13.6 Å². The third-order valence-corrected chi connectivity index (χ3v) is 3.22. The maximum Gasteiger partial charge on any atom is 0.254 e. The average molecular weight is 304 g/mol. The highest BCUT2D eigenvalue weighted by Gasteiger charge is 2.17. The minimum atomic E-state index is -0.459. The second-order valence-corrected chi connectivity index (χ2v) is 4.76. The van der Waals surface area contributed by atoms with Crippen LogP contribution >= 0.6 is 15.9 Å². The molecule has 0 aliphatic carbocycles. The molecule has 0 aliphatic rings. The summed E-state index contributed by atoms with van der Waals surface area (Å²) >= 11 is 3.06. The fraction of sp³-hybridized carbons (Fsp3) is 0.417. The Labute approximate surface area is 108 Å². The van der Waals surface area contributed by atoms with Crippen LogP contribution in [0.1, 0.15) is 23.7 Å². The Hall–Kier alpha value is -0.940. The lowest BCUT2D eigenvalue weighted by molar-refractivity contribution is 0.0767. The molecule has 0 heterocycles. The van der Waals surface area contributed by atoms with Gasteiger partial charge in [0.2, 0.25) is 0 Å². The van der Waals surface area contributed by atoms with Crippen molar-refractivity contribution in [3.05, 3.63) is 34.1 Å². The molecule has 94 valence electrons. The van der Waals surface area contributed by atoms with Gasteiger partial charge in [0.25, 0.3) is 5.91 Å². The zero-order valence-corrected chi connectivity index (χ0v) is 11.4. The fourth-order valence-electron chi connectivity index (χ4n) is 1.36. The molecule has 0 aromatic heterocycles. The predicted octanol–water partition coefficient (Wildman–Crippen LogP) is 2.43. The lowest BCUT2D eigenvalue weighted by atomic mass is 10.2. The summed E-state index contributed by atoms with van der Waals surface area (Å²) in [7, 11) is 1.63. The van der Waals surface area contributed by atoms with Crippen molar-refractivity contribution in [3.8, 4) is 0 Å². The van der Waals surface area contributed by atoms with E-state index in [-0.39, 0.29) is 15.9 Å². The summed E-state index contributed by atoms with van der Waals surface area (Å²) in [5.41, 5.74) is 0.290. The van der Waals surface area contributed by atoms with Gasteiger partial charge in [-0.15, -0.1) is 0 Å². The smallest absolute Gasteiger partial charge is 0.254 e. The number of carbonyl (C=O) groups is 1. The van der Waals surface area contributed by atoms with Gasteiger partial charge < -0.3 is 10.0 Å². The van der Waals surface area contributed by atoms with Crippen molar-refractivity contribution in [1.29, 1.82) is 0 Å². The van der Waals surface area contributed by atoms with Gasteiger partial charge in [0.1, 0.15) is 5.82 Å². The zero-order chi connectivity index (χ0) is 13.0. The molecular weight excluding hydrogens is 289 g/mol. The lowest BCUT2D eigenvalue weighted by Gasteiger charge is -2.18. The van der Waals surface area contributed by atoms with Gasteiger partial charge in [-0.1, -0.05) is 6.07 Å². The largest absolute Gasteiger partial charge is 0.393 e. The first-order valence-corrected chi connectivity index (χ1v) is 6.10. The Morgan fingerprint density at radius 1 is 1.59 bits per heavy atom. The number of halogens is 2. The van der Waals surface area contributed by atoms with Crippen LogP contribution in [0.25, 0.3) is 0 Å². The molecule has 1 rings (SSSR count). The first kappa shape index (κ1) is 14.1. The van der Waals surface area contributed by atoms with E-state index >= 15 is 0 Å². The molecule has 1 aromatic rings. The summed E-state index contributed by atoms with van der Waals surface area (Å²) < 4.78 is 13.4. The second kappa shape index (κ2) is 6.12. The highest BCUT2D eigenvalue weighted by Crippen LogP contribution is 2.21. The summed E-state index contributed by atoms with van der Waals surface area (Å²) in [6.45, 7) is 2.09. The van der Waals surface area contributed by atoms with Crippen molar-refractivity contribution >= 4 is 21.8 Å². The predicted molar refractivity (Wildman–Crippen MR) is 67.4 cm³/mol.